The molecule has 4 heteroatoms. The van der Waals surface area contributed by atoms with Gasteiger partial charge in [-0.1, -0.05) is 151 Å². The van der Waals surface area contributed by atoms with Crippen LogP contribution in [0.15, 0.2) is 120 Å². The molecular weight excluding hydrogens is 763 g/mol. The monoisotopic (exact) mass is 829 g/mol. The molecular formula is C59H65BN2O. The van der Waals surface area contributed by atoms with E-state index in [1.54, 1.807) is 0 Å². The van der Waals surface area contributed by atoms with E-state index in [1.165, 1.54) is 83.6 Å². The van der Waals surface area contributed by atoms with E-state index in [9.17, 15) is 0 Å². The predicted molar refractivity (Wildman–Crippen MR) is 272 cm³/mol. The summed E-state index contributed by atoms with van der Waals surface area (Å²) in [6.07, 6.45) is 2.30. The molecule has 0 saturated carbocycles. The van der Waals surface area contributed by atoms with Gasteiger partial charge in [0, 0.05) is 33.7 Å². The van der Waals surface area contributed by atoms with E-state index in [0.29, 0.717) is 0 Å². The van der Waals surface area contributed by atoms with Crippen molar-refractivity contribution < 1.29 is 4.42 Å². The minimum absolute atomic E-state index is 0.0161. The van der Waals surface area contributed by atoms with Crippen molar-refractivity contribution in [3.05, 3.63) is 149 Å². The molecule has 1 aromatic heterocycles. The lowest BCUT2D eigenvalue weighted by atomic mass is 9.35. The molecule has 320 valence electrons. The number of furan rings is 1. The van der Waals surface area contributed by atoms with E-state index in [-0.39, 0.29) is 33.8 Å². The van der Waals surface area contributed by atoms with Crippen LogP contribution in [-0.4, -0.2) is 6.71 Å². The van der Waals surface area contributed by atoms with Crippen LogP contribution in [0.4, 0.5) is 34.1 Å². The number of benzene rings is 6. The van der Waals surface area contributed by atoms with Crippen molar-refractivity contribution in [2.45, 2.75) is 137 Å². The number of aryl methyl sites for hydroxylation is 1. The number of fused-ring (bicyclic) bond motifs is 7. The van der Waals surface area contributed by atoms with Gasteiger partial charge in [-0.2, -0.15) is 0 Å². The van der Waals surface area contributed by atoms with Gasteiger partial charge in [0.15, 0.2) is 0 Å². The summed E-state index contributed by atoms with van der Waals surface area (Å²) < 4.78 is 7.39. The molecule has 1 aliphatic carbocycles. The second-order valence-corrected chi connectivity index (χ2v) is 23.5. The highest BCUT2D eigenvalue weighted by Gasteiger charge is 2.49. The summed E-state index contributed by atoms with van der Waals surface area (Å²) in [5, 5.41) is 1.17. The molecule has 0 bridgehead atoms. The van der Waals surface area contributed by atoms with Crippen molar-refractivity contribution in [2.24, 2.45) is 0 Å². The molecule has 0 atom stereocenters. The molecule has 0 N–H and O–H groups in total. The zero-order valence-corrected chi connectivity index (χ0v) is 40.3. The second-order valence-electron chi connectivity index (χ2n) is 23.5. The topological polar surface area (TPSA) is 19.6 Å². The van der Waals surface area contributed by atoms with E-state index in [2.05, 4.69) is 222 Å². The third kappa shape index (κ3) is 6.60. The van der Waals surface area contributed by atoms with Crippen molar-refractivity contribution in [1.29, 1.82) is 0 Å². The fourth-order valence-corrected chi connectivity index (χ4v) is 10.8. The molecule has 0 spiro atoms. The van der Waals surface area contributed by atoms with Crippen molar-refractivity contribution in [3.8, 4) is 11.1 Å². The smallest absolute Gasteiger partial charge is 0.297 e. The van der Waals surface area contributed by atoms with Gasteiger partial charge >= 0.3 is 0 Å². The van der Waals surface area contributed by atoms with Gasteiger partial charge in [0.1, 0.15) is 5.58 Å². The highest BCUT2D eigenvalue weighted by Crippen LogP contribution is 2.53. The van der Waals surface area contributed by atoms with Gasteiger partial charge in [-0.05, 0) is 151 Å². The largest absolute Gasteiger partial charge is 0.468 e. The van der Waals surface area contributed by atoms with Crippen molar-refractivity contribution >= 4 is 68.4 Å². The first-order valence-electron chi connectivity index (χ1n) is 23.3. The first-order chi connectivity index (χ1) is 29.5. The van der Waals surface area contributed by atoms with Gasteiger partial charge in [0.25, 0.3) is 6.71 Å². The standard InChI is InChI=1S/C59H65BN2O/c1-36-30-49-52-50(31-36)62(47-26-22-39(56(5,6)7)32-42(47)37-18-16-15-17-19-37)48-35-45-44(58(11,12)28-29-59(45,13)14)34-46(48)60(52)54-53(43-33-40(57(8,9)10)23-27-51(43)63-54)61(49)41-24-20-38(21-25-41)55(2,3)4/h15-27,30-35H,28-29H2,1-14H3. The molecule has 3 aliphatic rings. The van der Waals surface area contributed by atoms with Crippen LogP contribution in [0.25, 0.3) is 22.1 Å². The highest BCUT2D eigenvalue weighted by molar-refractivity contribution is 7.00. The summed E-state index contributed by atoms with van der Waals surface area (Å²) in [6.45, 7) is 32.8. The fourth-order valence-electron chi connectivity index (χ4n) is 10.8. The summed E-state index contributed by atoms with van der Waals surface area (Å²) in [7, 11) is 0. The molecule has 0 saturated heterocycles. The minimum atomic E-state index is -0.118. The predicted octanol–water partition coefficient (Wildman–Crippen LogP) is 14.7. The van der Waals surface area contributed by atoms with Crippen LogP contribution in [0.2, 0.25) is 0 Å². The molecule has 2 aliphatic heterocycles. The second kappa shape index (κ2) is 13.8. The van der Waals surface area contributed by atoms with E-state index >= 15 is 0 Å². The van der Waals surface area contributed by atoms with Crippen LogP contribution in [0.5, 0.6) is 0 Å². The maximum atomic E-state index is 7.39. The Kier molecular flexibility index (Phi) is 9.07. The van der Waals surface area contributed by atoms with Crippen LogP contribution in [0.3, 0.4) is 0 Å². The van der Waals surface area contributed by atoms with E-state index < -0.39 is 0 Å². The zero-order chi connectivity index (χ0) is 44.8. The first-order valence-corrected chi connectivity index (χ1v) is 23.3. The molecule has 0 fully saturated rings. The van der Waals surface area contributed by atoms with Crippen LogP contribution >= 0.6 is 0 Å². The van der Waals surface area contributed by atoms with Gasteiger partial charge in [-0.3, -0.25) is 0 Å². The normalized spacial score (nSPS) is 16.4. The summed E-state index contributed by atoms with van der Waals surface area (Å²) in [5.74, 6) is 0. The summed E-state index contributed by atoms with van der Waals surface area (Å²) in [6, 6.07) is 44.6. The quantitative estimate of drug-likeness (QED) is 0.165. The van der Waals surface area contributed by atoms with Gasteiger partial charge in [-0.15, -0.1) is 0 Å². The Bertz CT molecular complexity index is 2960. The maximum absolute atomic E-state index is 7.39. The van der Waals surface area contributed by atoms with E-state index in [0.717, 1.165) is 35.5 Å². The molecule has 0 radical (unpaired) electrons. The van der Waals surface area contributed by atoms with Crippen LogP contribution in [0.1, 0.15) is 136 Å². The lowest BCUT2D eigenvalue weighted by molar-refractivity contribution is 0.332. The van der Waals surface area contributed by atoms with Crippen molar-refractivity contribution in [3.63, 3.8) is 0 Å². The Hall–Kier alpha value is -5.48. The summed E-state index contributed by atoms with van der Waals surface area (Å²) >= 11 is 0. The lowest BCUT2D eigenvalue weighted by Gasteiger charge is -2.47. The fraction of sp³-hybridized carbons (Fsp3) is 0.356. The van der Waals surface area contributed by atoms with Gasteiger partial charge in [0.05, 0.1) is 17.0 Å². The Morgan fingerprint density at radius 1 is 0.540 bits per heavy atom. The number of hydrogen-bond donors (Lipinski definition) is 0. The Labute approximate surface area is 377 Å². The number of hydrogen-bond acceptors (Lipinski definition) is 3. The Balaban J connectivity index is 1.35. The third-order valence-electron chi connectivity index (χ3n) is 14.8. The van der Waals surface area contributed by atoms with Crippen LogP contribution < -0.4 is 26.4 Å². The SMILES string of the molecule is Cc1cc2c3c(c1)N(c1ccc(C(C)(C)C)cc1)c1c(oc4ccc(C(C)(C)C)cc14)B3c1cc3c(cc1N2c1ccc(C(C)(C)C)cc1-c1ccccc1)C(C)(C)CCC3(C)C. The molecule has 0 unspecified atom stereocenters. The average molecular weight is 829 g/mol. The first kappa shape index (κ1) is 41.5. The van der Waals surface area contributed by atoms with Gasteiger partial charge in [0.2, 0.25) is 0 Å². The molecule has 7 aromatic rings. The van der Waals surface area contributed by atoms with Crippen molar-refractivity contribution in [1.82, 2.24) is 0 Å². The van der Waals surface area contributed by atoms with Gasteiger partial charge in [-0.25, -0.2) is 0 Å². The Morgan fingerprint density at radius 2 is 1.10 bits per heavy atom. The number of nitrogens with zero attached hydrogens (tertiary/aromatic N) is 2. The number of rotatable bonds is 3. The molecule has 63 heavy (non-hydrogen) atoms. The zero-order valence-electron chi connectivity index (χ0n) is 40.3. The number of anilines is 6. The summed E-state index contributed by atoms with van der Waals surface area (Å²) in [4.78, 5) is 5.18. The van der Waals surface area contributed by atoms with Gasteiger partial charge < -0.3 is 14.2 Å². The highest BCUT2D eigenvalue weighted by atomic mass is 16.3. The molecule has 6 aromatic carbocycles. The van der Waals surface area contributed by atoms with Crippen LogP contribution in [-0.2, 0) is 27.1 Å². The molecule has 10 rings (SSSR count). The molecule has 3 heterocycles. The lowest BCUT2D eigenvalue weighted by Crippen LogP contribution is -2.61. The molecule has 0 amide bonds. The Morgan fingerprint density at radius 3 is 1.71 bits per heavy atom. The van der Waals surface area contributed by atoms with Crippen LogP contribution in [0, 0.1) is 6.92 Å². The minimum Gasteiger partial charge on any atom is -0.468 e. The van der Waals surface area contributed by atoms with E-state index in [1.807, 2.05) is 0 Å². The van der Waals surface area contributed by atoms with Crippen molar-refractivity contribution in [2.75, 3.05) is 9.80 Å². The summed E-state index contributed by atoms with van der Waals surface area (Å²) in [5.41, 5.74) is 22.4. The van der Waals surface area contributed by atoms with E-state index in [4.69, 9.17) is 4.42 Å². The third-order valence-corrected chi connectivity index (χ3v) is 14.8. The maximum Gasteiger partial charge on any atom is 0.297 e. The average Bonchev–Trinajstić information content (AvgIpc) is 3.60. The molecule has 3 nitrogen and oxygen atoms in total.